The zero-order valence-corrected chi connectivity index (χ0v) is 9.70. The number of carboxylic acids is 1. The molecular formula is C12H11ClN2O2. The van der Waals surface area contributed by atoms with Crippen LogP contribution in [0.25, 0.3) is 10.9 Å². The van der Waals surface area contributed by atoms with Crippen molar-refractivity contribution < 1.29 is 9.90 Å². The second-order valence-electron chi connectivity index (χ2n) is 3.90. The molecule has 1 aromatic carbocycles. The Morgan fingerprint density at radius 1 is 1.41 bits per heavy atom. The molecule has 1 aliphatic rings. The summed E-state index contributed by atoms with van der Waals surface area (Å²) in [5.41, 5.74) is 3.02. The van der Waals surface area contributed by atoms with Crippen LogP contribution in [0.1, 0.15) is 11.3 Å². The van der Waals surface area contributed by atoms with Crippen molar-refractivity contribution in [2.24, 2.45) is 4.99 Å². The molecule has 4 nitrogen and oxygen atoms in total. The van der Waals surface area contributed by atoms with E-state index in [1.165, 1.54) is 0 Å². The highest BCUT2D eigenvalue weighted by atomic mass is 35.5. The Balaban J connectivity index is 0.00000108. The van der Waals surface area contributed by atoms with Crippen molar-refractivity contribution in [3.63, 3.8) is 0 Å². The number of nitrogens with zero attached hydrogens (tertiary/aromatic N) is 1. The van der Waals surface area contributed by atoms with E-state index in [4.69, 9.17) is 5.11 Å². The molecule has 17 heavy (non-hydrogen) atoms. The normalized spacial score (nSPS) is 17.5. The summed E-state index contributed by atoms with van der Waals surface area (Å²) in [6.07, 6.45) is 2.09. The van der Waals surface area contributed by atoms with E-state index in [9.17, 15) is 4.79 Å². The van der Waals surface area contributed by atoms with E-state index in [0.29, 0.717) is 6.42 Å². The molecule has 0 saturated carbocycles. The van der Waals surface area contributed by atoms with Crippen molar-refractivity contribution in [2.75, 3.05) is 0 Å². The van der Waals surface area contributed by atoms with Crippen LogP contribution in [0, 0.1) is 0 Å². The van der Waals surface area contributed by atoms with E-state index in [1.807, 2.05) is 24.3 Å². The van der Waals surface area contributed by atoms with Gasteiger partial charge in [-0.25, -0.2) is 4.79 Å². The maximum atomic E-state index is 10.9. The number of halogens is 1. The summed E-state index contributed by atoms with van der Waals surface area (Å²) in [5, 5.41) is 10.0. The van der Waals surface area contributed by atoms with Crippen LogP contribution in [0.15, 0.2) is 29.3 Å². The number of nitrogens with one attached hydrogen (secondary N) is 1. The van der Waals surface area contributed by atoms with E-state index in [0.717, 1.165) is 22.2 Å². The SMILES string of the molecule is Cl.O=C(O)C1Cc2c([nH]c3ccccc23)C=N1. The zero-order valence-electron chi connectivity index (χ0n) is 8.88. The summed E-state index contributed by atoms with van der Waals surface area (Å²) in [6, 6.07) is 7.25. The van der Waals surface area contributed by atoms with Gasteiger partial charge in [0, 0.05) is 23.5 Å². The van der Waals surface area contributed by atoms with E-state index in [2.05, 4.69) is 9.98 Å². The summed E-state index contributed by atoms with van der Waals surface area (Å²) < 4.78 is 0. The van der Waals surface area contributed by atoms with Crippen LogP contribution in [0.4, 0.5) is 0 Å². The number of hydrogen-bond acceptors (Lipinski definition) is 2. The molecule has 5 heteroatoms. The minimum atomic E-state index is -0.868. The first-order valence-electron chi connectivity index (χ1n) is 5.11. The van der Waals surface area contributed by atoms with Gasteiger partial charge in [0.1, 0.15) is 0 Å². The highest BCUT2D eigenvalue weighted by Crippen LogP contribution is 2.25. The molecule has 0 bridgehead atoms. The van der Waals surface area contributed by atoms with Crippen molar-refractivity contribution in [3.05, 3.63) is 35.5 Å². The van der Waals surface area contributed by atoms with Crippen LogP contribution >= 0.6 is 12.4 Å². The van der Waals surface area contributed by atoms with Gasteiger partial charge < -0.3 is 10.1 Å². The smallest absolute Gasteiger partial charge is 0.328 e. The molecule has 88 valence electrons. The van der Waals surface area contributed by atoms with Crippen molar-refractivity contribution >= 4 is 35.5 Å². The Bertz CT molecular complexity index is 604. The summed E-state index contributed by atoms with van der Waals surface area (Å²) >= 11 is 0. The number of aromatic nitrogens is 1. The van der Waals surface area contributed by atoms with Crippen LogP contribution in [0.2, 0.25) is 0 Å². The van der Waals surface area contributed by atoms with Gasteiger partial charge in [-0.05, 0) is 11.6 Å². The van der Waals surface area contributed by atoms with Gasteiger partial charge in [-0.3, -0.25) is 4.99 Å². The number of benzene rings is 1. The number of carbonyl (C=O) groups is 1. The third-order valence-corrected chi connectivity index (χ3v) is 2.91. The second-order valence-corrected chi connectivity index (χ2v) is 3.90. The summed E-state index contributed by atoms with van der Waals surface area (Å²) in [6.45, 7) is 0. The van der Waals surface area contributed by atoms with Crippen molar-refractivity contribution in [1.29, 1.82) is 0 Å². The van der Waals surface area contributed by atoms with Crippen LogP contribution in [0.5, 0.6) is 0 Å². The molecule has 0 amide bonds. The molecule has 0 spiro atoms. The maximum Gasteiger partial charge on any atom is 0.328 e. The lowest BCUT2D eigenvalue weighted by Gasteiger charge is -2.12. The average Bonchev–Trinajstić information content (AvgIpc) is 2.66. The summed E-state index contributed by atoms with van der Waals surface area (Å²) in [4.78, 5) is 18.1. The third-order valence-electron chi connectivity index (χ3n) is 2.91. The fourth-order valence-electron chi connectivity index (χ4n) is 2.11. The molecule has 3 rings (SSSR count). The standard InChI is InChI=1S/C12H10N2O2.ClH/c15-12(16)10-5-8-7-3-1-2-4-9(7)14-11(8)6-13-10;/h1-4,6,10,14H,5H2,(H,15,16);1H. The van der Waals surface area contributed by atoms with Gasteiger partial charge in [0.15, 0.2) is 6.04 Å². The highest BCUT2D eigenvalue weighted by molar-refractivity contribution is 5.96. The van der Waals surface area contributed by atoms with Gasteiger partial charge in [-0.15, -0.1) is 12.4 Å². The lowest BCUT2D eigenvalue weighted by atomic mass is 10.0. The van der Waals surface area contributed by atoms with Gasteiger partial charge in [-0.2, -0.15) is 0 Å². The Kier molecular flexibility index (Phi) is 2.90. The molecule has 1 unspecified atom stereocenters. The molecule has 2 heterocycles. The highest BCUT2D eigenvalue weighted by Gasteiger charge is 2.23. The third kappa shape index (κ3) is 1.80. The Labute approximate surface area is 104 Å². The first-order valence-corrected chi connectivity index (χ1v) is 5.11. The molecule has 0 radical (unpaired) electrons. The predicted molar refractivity (Wildman–Crippen MR) is 68.3 cm³/mol. The number of fused-ring (bicyclic) bond motifs is 3. The molecule has 2 N–H and O–H groups in total. The Morgan fingerprint density at radius 3 is 2.94 bits per heavy atom. The summed E-state index contributed by atoms with van der Waals surface area (Å²) in [7, 11) is 0. The minimum Gasteiger partial charge on any atom is -0.480 e. The van der Waals surface area contributed by atoms with Crippen LogP contribution in [0.3, 0.4) is 0 Å². The van der Waals surface area contributed by atoms with Gasteiger partial charge in [0.2, 0.25) is 0 Å². The average molecular weight is 251 g/mol. The van der Waals surface area contributed by atoms with Gasteiger partial charge >= 0.3 is 5.97 Å². The monoisotopic (exact) mass is 250 g/mol. The fourth-order valence-corrected chi connectivity index (χ4v) is 2.11. The quantitative estimate of drug-likeness (QED) is 0.813. The van der Waals surface area contributed by atoms with Gasteiger partial charge in [0.05, 0.1) is 5.69 Å². The molecule has 0 fully saturated rings. The largest absolute Gasteiger partial charge is 0.480 e. The number of hydrogen-bond donors (Lipinski definition) is 2. The molecule has 1 aliphatic heterocycles. The second kappa shape index (κ2) is 4.22. The predicted octanol–water partition coefficient (Wildman–Crippen LogP) is 2.02. The molecule has 0 saturated heterocycles. The Hall–Kier alpha value is -1.81. The lowest BCUT2D eigenvalue weighted by Crippen LogP contribution is -2.24. The van der Waals surface area contributed by atoms with Crippen LogP contribution < -0.4 is 0 Å². The number of carboxylic acid groups (broad SMARTS) is 1. The first kappa shape index (κ1) is 11.7. The molecule has 2 aromatic rings. The van der Waals surface area contributed by atoms with Crippen LogP contribution in [-0.4, -0.2) is 28.3 Å². The molecule has 1 atom stereocenters. The fraction of sp³-hybridized carbons (Fsp3) is 0.167. The van der Waals surface area contributed by atoms with Crippen molar-refractivity contribution in [2.45, 2.75) is 12.5 Å². The molecule has 1 aromatic heterocycles. The first-order chi connectivity index (χ1) is 7.75. The van der Waals surface area contributed by atoms with Crippen molar-refractivity contribution in [3.8, 4) is 0 Å². The van der Waals surface area contributed by atoms with Crippen LogP contribution in [-0.2, 0) is 11.2 Å². The van der Waals surface area contributed by atoms with Crippen molar-refractivity contribution in [1.82, 2.24) is 4.98 Å². The summed E-state index contributed by atoms with van der Waals surface area (Å²) in [5.74, 6) is -0.868. The van der Waals surface area contributed by atoms with E-state index in [-0.39, 0.29) is 12.4 Å². The molecular weight excluding hydrogens is 240 g/mol. The number of para-hydroxylation sites is 1. The van der Waals surface area contributed by atoms with Gasteiger partial charge in [-0.1, -0.05) is 18.2 Å². The Morgan fingerprint density at radius 2 is 2.18 bits per heavy atom. The van der Waals surface area contributed by atoms with E-state index in [1.54, 1.807) is 6.21 Å². The van der Waals surface area contributed by atoms with Gasteiger partial charge in [0.25, 0.3) is 0 Å². The topological polar surface area (TPSA) is 65.4 Å². The molecule has 0 aliphatic carbocycles. The van der Waals surface area contributed by atoms with E-state index < -0.39 is 12.0 Å². The maximum absolute atomic E-state index is 10.9. The van der Waals surface area contributed by atoms with E-state index >= 15 is 0 Å². The number of rotatable bonds is 1. The zero-order chi connectivity index (χ0) is 11.1. The minimum absolute atomic E-state index is 0. The number of H-pyrrole nitrogens is 1. The number of aliphatic imine (C=N–C) groups is 1. The lowest BCUT2D eigenvalue weighted by molar-refractivity contribution is -0.138. The number of aliphatic carboxylic acids is 1. The number of aromatic amines is 1.